The SMILES string of the molecule is Cc1ccc(C2CCCC2OC(=O)c2cc3c(C)nn(C)c3s2)cc1. The van der Waals surface area contributed by atoms with Crippen molar-refractivity contribution in [3.05, 3.63) is 52.0 Å². The summed E-state index contributed by atoms with van der Waals surface area (Å²) < 4.78 is 7.75. The van der Waals surface area contributed by atoms with E-state index in [1.165, 1.54) is 22.5 Å². The molecule has 2 heterocycles. The van der Waals surface area contributed by atoms with Crippen molar-refractivity contribution in [3.63, 3.8) is 0 Å². The minimum atomic E-state index is -0.204. The van der Waals surface area contributed by atoms with E-state index in [0.717, 1.165) is 35.2 Å². The molecule has 0 bridgehead atoms. The summed E-state index contributed by atoms with van der Waals surface area (Å²) in [5.41, 5.74) is 3.48. The van der Waals surface area contributed by atoms with Gasteiger partial charge >= 0.3 is 5.97 Å². The lowest BCUT2D eigenvalue weighted by molar-refractivity contribution is 0.0285. The molecule has 1 aliphatic rings. The first-order chi connectivity index (χ1) is 12.0. The Morgan fingerprint density at radius 1 is 1.24 bits per heavy atom. The van der Waals surface area contributed by atoms with Crippen LogP contribution in [0.2, 0.25) is 0 Å². The van der Waals surface area contributed by atoms with E-state index in [4.69, 9.17) is 4.74 Å². The van der Waals surface area contributed by atoms with Crippen molar-refractivity contribution < 1.29 is 9.53 Å². The molecule has 1 saturated carbocycles. The number of carbonyl (C=O) groups excluding carboxylic acids is 1. The second kappa shape index (κ2) is 6.30. The second-order valence-electron chi connectivity index (χ2n) is 6.93. The number of nitrogens with zero attached hydrogens (tertiary/aromatic N) is 2. The molecule has 0 N–H and O–H groups in total. The molecule has 2 aromatic heterocycles. The summed E-state index contributed by atoms with van der Waals surface area (Å²) in [6.07, 6.45) is 3.10. The Morgan fingerprint density at radius 2 is 2.00 bits per heavy atom. The molecule has 4 nitrogen and oxygen atoms in total. The molecule has 1 aliphatic carbocycles. The van der Waals surface area contributed by atoms with E-state index in [0.29, 0.717) is 10.8 Å². The highest BCUT2D eigenvalue weighted by molar-refractivity contribution is 7.20. The molecule has 25 heavy (non-hydrogen) atoms. The van der Waals surface area contributed by atoms with Crippen molar-refractivity contribution in [2.45, 2.75) is 45.1 Å². The molecule has 0 aliphatic heterocycles. The predicted molar refractivity (Wildman–Crippen MR) is 100 cm³/mol. The number of hydrogen-bond acceptors (Lipinski definition) is 4. The maximum Gasteiger partial charge on any atom is 0.348 e. The van der Waals surface area contributed by atoms with Gasteiger partial charge in [0.25, 0.3) is 0 Å². The molecule has 1 aromatic carbocycles. The van der Waals surface area contributed by atoms with Gasteiger partial charge in [-0.05, 0) is 44.7 Å². The fraction of sp³-hybridized carbons (Fsp3) is 0.400. The minimum Gasteiger partial charge on any atom is -0.458 e. The Balaban J connectivity index is 1.54. The third-order valence-corrected chi connectivity index (χ3v) is 6.30. The number of carbonyl (C=O) groups is 1. The Bertz CT molecular complexity index is 889. The maximum atomic E-state index is 12.7. The third-order valence-electron chi connectivity index (χ3n) is 5.11. The first-order valence-corrected chi connectivity index (χ1v) is 9.55. The molecule has 2 unspecified atom stereocenters. The highest BCUT2D eigenvalue weighted by atomic mass is 32.1. The van der Waals surface area contributed by atoms with Gasteiger partial charge < -0.3 is 4.74 Å². The van der Waals surface area contributed by atoms with Crippen LogP contribution in [0.15, 0.2) is 30.3 Å². The van der Waals surface area contributed by atoms with Gasteiger partial charge in [0.1, 0.15) is 15.8 Å². The number of ether oxygens (including phenoxy) is 1. The quantitative estimate of drug-likeness (QED) is 0.638. The average molecular weight is 354 g/mol. The highest BCUT2D eigenvalue weighted by Crippen LogP contribution is 2.38. The van der Waals surface area contributed by atoms with E-state index in [9.17, 15) is 4.79 Å². The molecule has 0 spiro atoms. The van der Waals surface area contributed by atoms with Crippen LogP contribution < -0.4 is 0 Å². The Labute approximate surface area is 151 Å². The molecule has 2 atom stereocenters. The summed E-state index contributed by atoms with van der Waals surface area (Å²) in [5, 5.41) is 5.43. The molecule has 1 fully saturated rings. The minimum absolute atomic E-state index is 0.0281. The van der Waals surface area contributed by atoms with Gasteiger partial charge in [0.15, 0.2) is 0 Å². The van der Waals surface area contributed by atoms with E-state index in [1.807, 2.05) is 24.7 Å². The number of fused-ring (bicyclic) bond motifs is 1. The first kappa shape index (κ1) is 16.3. The summed E-state index contributed by atoms with van der Waals surface area (Å²) in [7, 11) is 1.91. The number of benzene rings is 1. The van der Waals surface area contributed by atoms with Crippen molar-refractivity contribution in [2.75, 3.05) is 0 Å². The van der Waals surface area contributed by atoms with Crippen LogP contribution in [0.25, 0.3) is 10.2 Å². The predicted octanol–water partition coefficient (Wildman–Crippen LogP) is 4.74. The van der Waals surface area contributed by atoms with Crippen LogP contribution in [-0.4, -0.2) is 21.9 Å². The molecule has 130 valence electrons. The zero-order valence-corrected chi connectivity index (χ0v) is 15.6. The summed E-state index contributed by atoms with van der Waals surface area (Å²) in [5.74, 6) is 0.104. The molecular formula is C20H22N2O2S. The van der Waals surface area contributed by atoms with Gasteiger partial charge in [0.2, 0.25) is 0 Å². The number of hydrogen-bond donors (Lipinski definition) is 0. The summed E-state index contributed by atoms with van der Waals surface area (Å²) in [6, 6.07) is 10.5. The Hall–Kier alpha value is -2.14. The fourth-order valence-electron chi connectivity index (χ4n) is 3.76. The number of aryl methyl sites for hydroxylation is 3. The van der Waals surface area contributed by atoms with Gasteiger partial charge in [0, 0.05) is 18.4 Å². The zero-order chi connectivity index (χ0) is 17.6. The molecule has 3 aromatic rings. The van der Waals surface area contributed by atoms with Gasteiger partial charge in [-0.2, -0.15) is 5.10 Å². The first-order valence-electron chi connectivity index (χ1n) is 8.73. The van der Waals surface area contributed by atoms with Gasteiger partial charge in [-0.1, -0.05) is 29.8 Å². The maximum absolute atomic E-state index is 12.7. The van der Waals surface area contributed by atoms with Gasteiger partial charge in [-0.15, -0.1) is 11.3 Å². The van der Waals surface area contributed by atoms with Crippen molar-refractivity contribution in [2.24, 2.45) is 7.05 Å². The van der Waals surface area contributed by atoms with Crippen LogP contribution in [-0.2, 0) is 11.8 Å². The van der Waals surface area contributed by atoms with Gasteiger partial charge in [-0.3, -0.25) is 4.68 Å². The monoisotopic (exact) mass is 354 g/mol. The average Bonchev–Trinajstić information content (AvgIpc) is 3.27. The second-order valence-corrected chi connectivity index (χ2v) is 7.96. The van der Waals surface area contributed by atoms with Gasteiger partial charge in [-0.25, -0.2) is 4.79 Å². The van der Waals surface area contributed by atoms with E-state index in [2.05, 4.69) is 36.3 Å². The Morgan fingerprint density at radius 3 is 2.72 bits per heavy atom. The zero-order valence-electron chi connectivity index (χ0n) is 14.8. The molecule has 4 rings (SSSR count). The smallest absolute Gasteiger partial charge is 0.348 e. The topological polar surface area (TPSA) is 44.1 Å². The molecular weight excluding hydrogens is 332 g/mol. The lowest BCUT2D eigenvalue weighted by atomic mass is 9.95. The summed E-state index contributed by atoms with van der Waals surface area (Å²) >= 11 is 1.46. The van der Waals surface area contributed by atoms with Crippen LogP contribution in [0.5, 0.6) is 0 Å². The van der Waals surface area contributed by atoms with Crippen molar-refractivity contribution in [3.8, 4) is 0 Å². The highest BCUT2D eigenvalue weighted by Gasteiger charge is 2.32. The molecule has 0 amide bonds. The van der Waals surface area contributed by atoms with Crippen molar-refractivity contribution in [1.29, 1.82) is 0 Å². The lowest BCUT2D eigenvalue weighted by Crippen LogP contribution is -2.20. The normalized spacial score (nSPS) is 20.3. The van der Waals surface area contributed by atoms with Crippen LogP contribution in [0.1, 0.15) is 51.7 Å². The van der Waals surface area contributed by atoms with E-state index in [-0.39, 0.29) is 12.1 Å². The molecule has 5 heteroatoms. The van der Waals surface area contributed by atoms with E-state index < -0.39 is 0 Å². The van der Waals surface area contributed by atoms with E-state index in [1.54, 1.807) is 0 Å². The standard InChI is InChI=1S/C20H22N2O2S/c1-12-7-9-14(10-8-12)15-5-4-6-17(15)24-20(23)18-11-16-13(2)21-22(3)19(16)25-18/h7-11,15,17H,4-6H2,1-3H3. The van der Waals surface area contributed by atoms with Crippen molar-refractivity contribution >= 4 is 27.5 Å². The summed E-state index contributed by atoms with van der Waals surface area (Å²) in [6.45, 7) is 4.06. The third kappa shape index (κ3) is 2.97. The lowest BCUT2D eigenvalue weighted by Gasteiger charge is -2.20. The van der Waals surface area contributed by atoms with Crippen LogP contribution in [0.4, 0.5) is 0 Å². The van der Waals surface area contributed by atoms with Crippen LogP contribution in [0, 0.1) is 13.8 Å². The van der Waals surface area contributed by atoms with Gasteiger partial charge in [0.05, 0.1) is 5.69 Å². The largest absolute Gasteiger partial charge is 0.458 e. The van der Waals surface area contributed by atoms with Crippen LogP contribution >= 0.6 is 11.3 Å². The number of aromatic nitrogens is 2. The van der Waals surface area contributed by atoms with E-state index >= 15 is 0 Å². The van der Waals surface area contributed by atoms with Crippen LogP contribution in [0.3, 0.4) is 0 Å². The summed E-state index contributed by atoms with van der Waals surface area (Å²) in [4.78, 5) is 14.4. The fourth-order valence-corrected chi connectivity index (χ4v) is 4.77. The number of esters is 1. The van der Waals surface area contributed by atoms with Crippen molar-refractivity contribution in [1.82, 2.24) is 9.78 Å². The molecule has 0 saturated heterocycles. The Kier molecular flexibility index (Phi) is 4.12. The molecule has 0 radical (unpaired) electrons. The number of thiophene rings is 1. The number of rotatable bonds is 3.